The van der Waals surface area contributed by atoms with Crippen molar-refractivity contribution in [1.29, 1.82) is 0 Å². The molecular weight excluding hydrogens is 310 g/mol. The van der Waals surface area contributed by atoms with Gasteiger partial charge in [-0.2, -0.15) is 5.10 Å². The van der Waals surface area contributed by atoms with Crippen LogP contribution < -0.4 is 5.32 Å². The number of hydrogen-bond acceptors (Lipinski definition) is 3. The lowest BCUT2D eigenvalue weighted by molar-refractivity contribution is 0.110. The van der Waals surface area contributed by atoms with Crippen LogP contribution in [0.2, 0.25) is 5.02 Å². The number of rotatable bonds is 6. The van der Waals surface area contributed by atoms with E-state index in [2.05, 4.69) is 24.3 Å². The zero-order valence-corrected chi connectivity index (χ0v) is 14.6. The van der Waals surface area contributed by atoms with Gasteiger partial charge in [0.15, 0.2) is 0 Å². The fraction of sp³-hybridized carbons (Fsp3) is 0.500. The summed E-state index contributed by atoms with van der Waals surface area (Å²) in [7, 11) is 0. The molecule has 124 valence electrons. The van der Waals surface area contributed by atoms with Crippen LogP contribution in [0.5, 0.6) is 0 Å². The van der Waals surface area contributed by atoms with Gasteiger partial charge in [-0.25, -0.2) is 0 Å². The van der Waals surface area contributed by atoms with Crippen molar-refractivity contribution in [1.82, 2.24) is 15.1 Å². The Hall–Kier alpha value is -1.36. The van der Waals surface area contributed by atoms with Gasteiger partial charge in [0.1, 0.15) is 0 Å². The van der Waals surface area contributed by atoms with E-state index in [9.17, 15) is 0 Å². The first-order chi connectivity index (χ1) is 11.1. The lowest BCUT2D eigenvalue weighted by atomic mass is 10.2. The van der Waals surface area contributed by atoms with E-state index in [1.165, 1.54) is 17.7 Å². The zero-order valence-electron chi connectivity index (χ0n) is 13.8. The first-order valence-corrected chi connectivity index (χ1v) is 8.61. The summed E-state index contributed by atoms with van der Waals surface area (Å²) in [6.45, 7) is 7.55. The van der Waals surface area contributed by atoms with Gasteiger partial charge in [0.05, 0.1) is 18.3 Å². The predicted octanol–water partition coefficient (Wildman–Crippen LogP) is 3.47. The van der Waals surface area contributed by atoms with Crippen molar-refractivity contribution in [3.63, 3.8) is 0 Å². The molecule has 0 amide bonds. The third kappa shape index (κ3) is 3.94. The monoisotopic (exact) mass is 333 g/mol. The van der Waals surface area contributed by atoms with Gasteiger partial charge < -0.3 is 10.1 Å². The number of benzene rings is 1. The summed E-state index contributed by atoms with van der Waals surface area (Å²) in [6, 6.07) is 7.94. The molecule has 1 saturated heterocycles. The Kier molecular flexibility index (Phi) is 5.36. The van der Waals surface area contributed by atoms with Crippen molar-refractivity contribution in [3.8, 4) is 0 Å². The molecule has 1 unspecified atom stereocenters. The van der Waals surface area contributed by atoms with Crippen LogP contribution in [0.15, 0.2) is 24.3 Å². The van der Waals surface area contributed by atoms with Gasteiger partial charge in [-0.05, 0) is 38.3 Å². The van der Waals surface area contributed by atoms with Crippen molar-refractivity contribution in [2.75, 3.05) is 13.2 Å². The molecule has 1 aromatic carbocycles. The van der Waals surface area contributed by atoms with Gasteiger partial charge in [-0.15, -0.1) is 0 Å². The van der Waals surface area contributed by atoms with Gasteiger partial charge in [-0.3, -0.25) is 4.68 Å². The minimum absolute atomic E-state index is 0.369. The summed E-state index contributed by atoms with van der Waals surface area (Å²) in [5.74, 6) is 0. The Morgan fingerprint density at radius 1 is 1.35 bits per heavy atom. The SMILES string of the molecule is Cc1nn(Cc2ccccc2Cl)c(C)c1CNCC1CCCO1. The van der Waals surface area contributed by atoms with E-state index in [1.807, 2.05) is 28.9 Å². The fourth-order valence-corrected chi connectivity index (χ4v) is 3.29. The summed E-state index contributed by atoms with van der Waals surface area (Å²) in [5, 5.41) is 8.98. The first kappa shape index (κ1) is 16.5. The van der Waals surface area contributed by atoms with E-state index in [1.54, 1.807) is 0 Å². The maximum atomic E-state index is 6.26. The first-order valence-electron chi connectivity index (χ1n) is 8.23. The number of ether oxygens (including phenoxy) is 1. The Balaban J connectivity index is 1.65. The van der Waals surface area contributed by atoms with Crippen molar-refractivity contribution in [2.45, 2.75) is 45.9 Å². The zero-order chi connectivity index (χ0) is 16.2. The molecule has 2 aromatic rings. The molecule has 2 heterocycles. The Labute approximate surface area is 142 Å². The lowest BCUT2D eigenvalue weighted by Gasteiger charge is -2.11. The third-order valence-corrected chi connectivity index (χ3v) is 4.88. The molecule has 1 aliphatic heterocycles. The second-order valence-electron chi connectivity index (χ2n) is 6.16. The van der Waals surface area contributed by atoms with Crippen LogP contribution in [0.3, 0.4) is 0 Å². The highest BCUT2D eigenvalue weighted by Gasteiger charge is 2.16. The second kappa shape index (κ2) is 7.47. The molecule has 23 heavy (non-hydrogen) atoms. The number of halogens is 1. The minimum atomic E-state index is 0.369. The highest BCUT2D eigenvalue weighted by atomic mass is 35.5. The predicted molar refractivity (Wildman–Crippen MR) is 92.9 cm³/mol. The Morgan fingerprint density at radius 2 is 2.17 bits per heavy atom. The van der Waals surface area contributed by atoms with Crippen LogP contribution in [0, 0.1) is 13.8 Å². The molecular formula is C18H24ClN3O. The molecule has 1 aliphatic rings. The number of aryl methyl sites for hydroxylation is 1. The topological polar surface area (TPSA) is 39.1 Å². The molecule has 1 atom stereocenters. The number of hydrogen-bond donors (Lipinski definition) is 1. The van der Waals surface area contributed by atoms with Crippen molar-refractivity contribution in [2.24, 2.45) is 0 Å². The Morgan fingerprint density at radius 3 is 2.91 bits per heavy atom. The van der Waals surface area contributed by atoms with Gasteiger partial charge in [0.2, 0.25) is 0 Å². The van der Waals surface area contributed by atoms with E-state index in [-0.39, 0.29) is 0 Å². The normalized spacial score (nSPS) is 17.8. The molecule has 4 nitrogen and oxygen atoms in total. The summed E-state index contributed by atoms with van der Waals surface area (Å²) in [5.41, 5.74) is 4.64. The largest absolute Gasteiger partial charge is 0.377 e. The smallest absolute Gasteiger partial charge is 0.0700 e. The van der Waals surface area contributed by atoms with E-state index >= 15 is 0 Å². The van der Waals surface area contributed by atoms with Crippen LogP contribution in [-0.4, -0.2) is 29.0 Å². The van der Waals surface area contributed by atoms with Crippen LogP contribution in [0.25, 0.3) is 0 Å². The Bertz CT molecular complexity index is 662. The van der Waals surface area contributed by atoms with E-state index in [0.717, 1.165) is 42.4 Å². The van der Waals surface area contributed by atoms with Crippen molar-refractivity contribution < 1.29 is 4.74 Å². The maximum absolute atomic E-state index is 6.26. The average molecular weight is 334 g/mol. The van der Waals surface area contributed by atoms with Crippen LogP contribution in [-0.2, 0) is 17.8 Å². The third-order valence-electron chi connectivity index (χ3n) is 4.51. The summed E-state index contributed by atoms with van der Waals surface area (Å²) in [4.78, 5) is 0. The van der Waals surface area contributed by atoms with Gasteiger partial charge in [0, 0.05) is 36.0 Å². The number of aromatic nitrogens is 2. The van der Waals surface area contributed by atoms with Crippen LogP contribution in [0.4, 0.5) is 0 Å². The molecule has 0 bridgehead atoms. The molecule has 1 fully saturated rings. The van der Waals surface area contributed by atoms with E-state index in [4.69, 9.17) is 16.3 Å². The van der Waals surface area contributed by atoms with Crippen molar-refractivity contribution in [3.05, 3.63) is 51.8 Å². The second-order valence-corrected chi connectivity index (χ2v) is 6.57. The van der Waals surface area contributed by atoms with Gasteiger partial charge in [-0.1, -0.05) is 29.8 Å². The fourth-order valence-electron chi connectivity index (χ4n) is 3.10. The summed E-state index contributed by atoms with van der Waals surface area (Å²) < 4.78 is 7.69. The van der Waals surface area contributed by atoms with Crippen LogP contribution in [0.1, 0.15) is 35.4 Å². The highest BCUT2D eigenvalue weighted by Crippen LogP contribution is 2.19. The molecule has 5 heteroatoms. The average Bonchev–Trinajstić information content (AvgIpc) is 3.13. The molecule has 0 radical (unpaired) electrons. The van der Waals surface area contributed by atoms with Crippen LogP contribution >= 0.6 is 11.6 Å². The lowest BCUT2D eigenvalue weighted by Crippen LogP contribution is -2.26. The summed E-state index contributed by atoms with van der Waals surface area (Å²) >= 11 is 6.26. The molecule has 0 aliphatic carbocycles. The number of nitrogens with one attached hydrogen (secondary N) is 1. The van der Waals surface area contributed by atoms with Gasteiger partial charge in [0.25, 0.3) is 0 Å². The molecule has 0 spiro atoms. The molecule has 1 aromatic heterocycles. The molecule has 1 N–H and O–H groups in total. The number of nitrogens with zero attached hydrogens (tertiary/aromatic N) is 2. The van der Waals surface area contributed by atoms with E-state index < -0.39 is 0 Å². The minimum Gasteiger partial charge on any atom is -0.377 e. The molecule has 0 saturated carbocycles. The molecule has 3 rings (SSSR count). The van der Waals surface area contributed by atoms with Gasteiger partial charge >= 0.3 is 0 Å². The van der Waals surface area contributed by atoms with E-state index in [0.29, 0.717) is 12.6 Å². The highest BCUT2D eigenvalue weighted by molar-refractivity contribution is 6.31. The quantitative estimate of drug-likeness (QED) is 0.879. The summed E-state index contributed by atoms with van der Waals surface area (Å²) in [6.07, 6.45) is 2.71. The standard InChI is InChI=1S/C18H24ClN3O/c1-13-17(11-20-10-16-7-5-9-23-16)14(2)22(21-13)12-15-6-3-4-8-18(15)19/h3-4,6,8,16,20H,5,7,9-12H2,1-2H3. The maximum Gasteiger partial charge on any atom is 0.0700 e. The van der Waals surface area contributed by atoms with Crippen molar-refractivity contribution >= 4 is 11.6 Å².